The second kappa shape index (κ2) is 3.24. The number of aliphatic hydroxyl groups excluding tert-OH is 1. The molecule has 1 rings (SSSR count). The zero-order chi connectivity index (χ0) is 7.40. The molecule has 4 nitrogen and oxygen atoms in total. The van der Waals surface area contributed by atoms with E-state index in [2.05, 4.69) is 9.97 Å². The Morgan fingerprint density at radius 2 is 2.40 bits per heavy atom. The molecule has 54 valence electrons. The summed E-state index contributed by atoms with van der Waals surface area (Å²) in [5.74, 6) is 0. The number of aliphatic hydroxyl groups is 1. The van der Waals surface area contributed by atoms with Gasteiger partial charge in [0, 0.05) is 18.9 Å². The molecule has 0 unspecified atom stereocenters. The van der Waals surface area contributed by atoms with Gasteiger partial charge in [-0.3, -0.25) is 9.97 Å². The summed E-state index contributed by atoms with van der Waals surface area (Å²) in [5.41, 5.74) is 5.70. The SMILES string of the molecule is NC[C@H](O)c1cnccn1. The minimum absolute atomic E-state index is 0.179. The molecule has 1 atom stereocenters. The first kappa shape index (κ1) is 7.11. The van der Waals surface area contributed by atoms with Crippen LogP contribution in [-0.4, -0.2) is 21.6 Å². The fourth-order valence-electron chi connectivity index (χ4n) is 0.603. The van der Waals surface area contributed by atoms with Gasteiger partial charge >= 0.3 is 0 Å². The summed E-state index contributed by atoms with van der Waals surface area (Å²) in [6.45, 7) is 0.179. The molecule has 1 heterocycles. The zero-order valence-electron chi connectivity index (χ0n) is 5.44. The fourth-order valence-corrected chi connectivity index (χ4v) is 0.603. The summed E-state index contributed by atoms with van der Waals surface area (Å²) in [7, 11) is 0. The van der Waals surface area contributed by atoms with Crippen LogP contribution in [0.5, 0.6) is 0 Å². The maximum Gasteiger partial charge on any atom is 0.110 e. The lowest BCUT2D eigenvalue weighted by Crippen LogP contribution is -2.12. The Hall–Kier alpha value is -1.00. The van der Waals surface area contributed by atoms with Crippen molar-refractivity contribution in [3.63, 3.8) is 0 Å². The van der Waals surface area contributed by atoms with Crippen molar-refractivity contribution in [3.05, 3.63) is 24.3 Å². The van der Waals surface area contributed by atoms with Gasteiger partial charge in [-0.05, 0) is 0 Å². The Kier molecular flexibility index (Phi) is 2.30. The Bertz CT molecular complexity index is 189. The van der Waals surface area contributed by atoms with Crippen molar-refractivity contribution in [2.24, 2.45) is 5.73 Å². The first-order valence-corrected chi connectivity index (χ1v) is 2.98. The van der Waals surface area contributed by atoms with Crippen molar-refractivity contribution in [2.45, 2.75) is 6.10 Å². The van der Waals surface area contributed by atoms with E-state index in [1.165, 1.54) is 12.4 Å². The highest BCUT2D eigenvalue weighted by atomic mass is 16.3. The van der Waals surface area contributed by atoms with Gasteiger partial charge in [-0.2, -0.15) is 0 Å². The summed E-state index contributed by atoms with van der Waals surface area (Å²) in [6, 6.07) is 0. The molecule has 1 aromatic heterocycles. The molecule has 0 aromatic carbocycles. The number of aromatic nitrogens is 2. The van der Waals surface area contributed by atoms with Crippen molar-refractivity contribution in [3.8, 4) is 0 Å². The van der Waals surface area contributed by atoms with Crippen molar-refractivity contribution in [1.29, 1.82) is 0 Å². The quantitative estimate of drug-likeness (QED) is 0.577. The lowest BCUT2D eigenvalue weighted by molar-refractivity contribution is 0.181. The van der Waals surface area contributed by atoms with Gasteiger partial charge in [-0.25, -0.2) is 0 Å². The third kappa shape index (κ3) is 1.49. The standard InChI is InChI=1S/C6H9N3O/c7-3-6(10)5-4-8-1-2-9-5/h1-2,4,6,10H,3,7H2/t6-/m0/s1. The highest BCUT2D eigenvalue weighted by Gasteiger charge is 2.04. The molecule has 0 fully saturated rings. The van der Waals surface area contributed by atoms with E-state index in [4.69, 9.17) is 10.8 Å². The molecule has 0 bridgehead atoms. The number of nitrogens with zero attached hydrogens (tertiary/aromatic N) is 2. The van der Waals surface area contributed by atoms with Crippen molar-refractivity contribution in [1.82, 2.24) is 9.97 Å². The molecule has 0 radical (unpaired) electrons. The van der Waals surface area contributed by atoms with E-state index in [1.54, 1.807) is 6.20 Å². The topological polar surface area (TPSA) is 72.0 Å². The van der Waals surface area contributed by atoms with Crippen LogP contribution in [0.4, 0.5) is 0 Å². The van der Waals surface area contributed by atoms with Crippen LogP contribution < -0.4 is 5.73 Å². The van der Waals surface area contributed by atoms with Crippen molar-refractivity contribution < 1.29 is 5.11 Å². The first-order valence-electron chi connectivity index (χ1n) is 2.98. The van der Waals surface area contributed by atoms with E-state index < -0.39 is 6.10 Å². The highest BCUT2D eigenvalue weighted by molar-refractivity contribution is 4.98. The van der Waals surface area contributed by atoms with Crippen LogP contribution in [0.3, 0.4) is 0 Å². The van der Waals surface area contributed by atoms with E-state index in [0.717, 1.165) is 0 Å². The van der Waals surface area contributed by atoms with Gasteiger partial charge in [-0.1, -0.05) is 0 Å². The number of nitrogens with two attached hydrogens (primary N) is 1. The minimum atomic E-state index is -0.686. The number of hydrogen-bond donors (Lipinski definition) is 2. The third-order valence-electron chi connectivity index (χ3n) is 1.15. The van der Waals surface area contributed by atoms with Crippen LogP contribution in [0.2, 0.25) is 0 Å². The molecule has 0 saturated heterocycles. The number of rotatable bonds is 2. The second-order valence-corrected chi connectivity index (χ2v) is 1.88. The van der Waals surface area contributed by atoms with Crippen LogP contribution in [0, 0.1) is 0 Å². The monoisotopic (exact) mass is 139 g/mol. The fraction of sp³-hybridized carbons (Fsp3) is 0.333. The summed E-state index contributed by atoms with van der Waals surface area (Å²) < 4.78 is 0. The highest BCUT2D eigenvalue weighted by Crippen LogP contribution is 2.03. The van der Waals surface area contributed by atoms with Gasteiger partial charge in [-0.15, -0.1) is 0 Å². The molecule has 0 aliphatic carbocycles. The van der Waals surface area contributed by atoms with Crippen molar-refractivity contribution in [2.75, 3.05) is 6.54 Å². The average Bonchev–Trinajstić information content (AvgIpc) is 2.05. The Balaban J connectivity index is 2.75. The molecule has 4 heteroatoms. The maximum absolute atomic E-state index is 9.10. The molecule has 0 aliphatic heterocycles. The summed E-state index contributed by atoms with van der Waals surface area (Å²) >= 11 is 0. The van der Waals surface area contributed by atoms with Crippen LogP contribution >= 0.6 is 0 Å². The molecule has 0 amide bonds. The van der Waals surface area contributed by atoms with E-state index in [-0.39, 0.29) is 6.54 Å². The van der Waals surface area contributed by atoms with Gasteiger partial charge in [0.05, 0.1) is 11.9 Å². The molecule has 1 aromatic rings. The lowest BCUT2D eigenvalue weighted by atomic mass is 10.3. The second-order valence-electron chi connectivity index (χ2n) is 1.88. The van der Waals surface area contributed by atoms with Gasteiger partial charge in [0.15, 0.2) is 0 Å². The molecule has 0 spiro atoms. The Morgan fingerprint density at radius 3 is 2.90 bits per heavy atom. The largest absolute Gasteiger partial charge is 0.385 e. The number of hydrogen-bond acceptors (Lipinski definition) is 4. The minimum Gasteiger partial charge on any atom is -0.385 e. The molecule has 3 N–H and O–H groups in total. The summed E-state index contributed by atoms with van der Waals surface area (Å²) in [5, 5.41) is 9.10. The smallest absolute Gasteiger partial charge is 0.110 e. The van der Waals surface area contributed by atoms with E-state index >= 15 is 0 Å². The van der Waals surface area contributed by atoms with Crippen LogP contribution in [0.1, 0.15) is 11.8 Å². The lowest BCUT2D eigenvalue weighted by Gasteiger charge is -2.03. The van der Waals surface area contributed by atoms with Gasteiger partial charge in [0.1, 0.15) is 6.10 Å². The van der Waals surface area contributed by atoms with Crippen LogP contribution in [-0.2, 0) is 0 Å². The molecule has 10 heavy (non-hydrogen) atoms. The summed E-state index contributed by atoms with van der Waals surface area (Å²) in [6.07, 6.45) is 3.88. The van der Waals surface area contributed by atoms with Crippen LogP contribution in [0.15, 0.2) is 18.6 Å². The Morgan fingerprint density at radius 1 is 1.60 bits per heavy atom. The van der Waals surface area contributed by atoms with Crippen LogP contribution in [0.25, 0.3) is 0 Å². The van der Waals surface area contributed by atoms with E-state index in [1.807, 2.05) is 0 Å². The molecule has 0 aliphatic rings. The summed E-state index contributed by atoms with van der Waals surface area (Å²) in [4.78, 5) is 7.63. The average molecular weight is 139 g/mol. The van der Waals surface area contributed by atoms with E-state index in [0.29, 0.717) is 5.69 Å². The van der Waals surface area contributed by atoms with Gasteiger partial charge in [0.2, 0.25) is 0 Å². The van der Waals surface area contributed by atoms with Crippen molar-refractivity contribution >= 4 is 0 Å². The molecular weight excluding hydrogens is 130 g/mol. The predicted octanol–water partition coefficient (Wildman–Crippen LogP) is -0.531. The Labute approximate surface area is 58.7 Å². The van der Waals surface area contributed by atoms with Gasteiger partial charge in [0.25, 0.3) is 0 Å². The molecular formula is C6H9N3O. The predicted molar refractivity (Wildman–Crippen MR) is 36.0 cm³/mol. The van der Waals surface area contributed by atoms with E-state index in [9.17, 15) is 0 Å². The third-order valence-corrected chi connectivity index (χ3v) is 1.15. The normalized spacial score (nSPS) is 13.0. The molecule has 0 saturated carbocycles. The van der Waals surface area contributed by atoms with Gasteiger partial charge < -0.3 is 10.8 Å². The maximum atomic E-state index is 9.10. The zero-order valence-corrected chi connectivity index (χ0v) is 5.44. The first-order chi connectivity index (χ1) is 4.84.